The molecule has 2 aromatic rings. The summed E-state index contributed by atoms with van der Waals surface area (Å²) in [6, 6.07) is 6.50. The number of ketones is 1. The van der Waals surface area contributed by atoms with Crippen LogP contribution in [0.2, 0.25) is 5.22 Å². The molecule has 0 bridgehead atoms. The number of carbonyl (C=O) groups excluding carboxylic acids is 1. The average Bonchev–Trinajstić information content (AvgIpc) is 2.83. The van der Waals surface area contributed by atoms with Gasteiger partial charge in [0.25, 0.3) is 0 Å². The van der Waals surface area contributed by atoms with Crippen LogP contribution in [0.4, 0.5) is 0 Å². The zero-order valence-corrected chi connectivity index (χ0v) is 10.7. The maximum atomic E-state index is 12.3. The molecule has 0 aliphatic carbocycles. The Bertz CT molecular complexity index is 574. The fraction of sp³-hybridized carbons (Fsp3) is 0.154. The molecule has 5 heteroatoms. The van der Waals surface area contributed by atoms with Crippen LogP contribution in [0.5, 0.6) is 11.5 Å². The molecule has 0 N–H and O–H groups in total. The molecule has 0 saturated carbocycles. The Morgan fingerprint density at radius 2 is 1.94 bits per heavy atom. The first-order chi connectivity index (χ1) is 8.67. The van der Waals surface area contributed by atoms with E-state index in [0.717, 1.165) is 0 Å². The van der Waals surface area contributed by atoms with Gasteiger partial charge in [0.15, 0.2) is 0 Å². The molecule has 18 heavy (non-hydrogen) atoms. The van der Waals surface area contributed by atoms with Gasteiger partial charge in [0.1, 0.15) is 11.5 Å². The van der Waals surface area contributed by atoms with E-state index in [-0.39, 0.29) is 11.0 Å². The van der Waals surface area contributed by atoms with Crippen LogP contribution in [0, 0.1) is 0 Å². The fourth-order valence-corrected chi connectivity index (χ4v) is 1.79. The van der Waals surface area contributed by atoms with Crippen LogP contribution in [0.1, 0.15) is 15.9 Å². The van der Waals surface area contributed by atoms with Crippen molar-refractivity contribution in [1.82, 2.24) is 0 Å². The van der Waals surface area contributed by atoms with Crippen LogP contribution in [0.25, 0.3) is 0 Å². The second-order valence-corrected chi connectivity index (χ2v) is 3.85. The molecule has 0 fully saturated rings. The number of furan rings is 1. The summed E-state index contributed by atoms with van der Waals surface area (Å²) in [6.45, 7) is 0. The van der Waals surface area contributed by atoms with Crippen molar-refractivity contribution in [2.24, 2.45) is 0 Å². The summed E-state index contributed by atoms with van der Waals surface area (Å²) in [7, 11) is 3.02. The lowest BCUT2D eigenvalue weighted by atomic mass is 10.0. The Labute approximate surface area is 109 Å². The second kappa shape index (κ2) is 5.14. The molecule has 0 aliphatic rings. The van der Waals surface area contributed by atoms with Gasteiger partial charge in [0, 0.05) is 0 Å². The van der Waals surface area contributed by atoms with Gasteiger partial charge < -0.3 is 13.9 Å². The van der Waals surface area contributed by atoms with Crippen LogP contribution >= 0.6 is 11.6 Å². The summed E-state index contributed by atoms with van der Waals surface area (Å²) in [5, 5.41) is 0.0601. The fourth-order valence-electron chi connectivity index (χ4n) is 1.59. The van der Waals surface area contributed by atoms with E-state index in [4.69, 9.17) is 25.5 Å². The molecule has 0 unspecified atom stereocenters. The van der Waals surface area contributed by atoms with Gasteiger partial charge in [-0.3, -0.25) is 4.79 Å². The van der Waals surface area contributed by atoms with Gasteiger partial charge in [-0.2, -0.15) is 0 Å². The van der Waals surface area contributed by atoms with Crippen molar-refractivity contribution in [3.63, 3.8) is 0 Å². The predicted octanol–water partition coefficient (Wildman–Crippen LogP) is 3.18. The lowest BCUT2D eigenvalue weighted by Crippen LogP contribution is -2.04. The first kappa shape index (κ1) is 12.5. The van der Waals surface area contributed by atoms with Gasteiger partial charge in [0.05, 0.1) is 31.6 Å². The molecule has 0 amide bonds. The van der Waals surface area contributed by atoms with Crippen LogP contribution in [-0.2, 0) is 0 Å². The highest BCUT2D eigenvalue weighted by atomic mass is 35.5. The number of hydrogen-bond donors (Lipinski definition) is 0. The van der Waals surface area contributed by atoms with Gasteiger partial charge in [-0.1, -0.05) is 0 Å². The maximum absolute atomic E-state index is 12.3. The number of ether oxygens (including phenoxy) is 2. The number of hydrogen-bond acceptors (Lipinski definition) is 4. The Morgan fingerprint density at radius 1 is 1.17 bits per heavy atom. The van der Waals surface area contributed by atoms with Crippen molar-refractivity contribution in [2.75, 3.05) is 14.2 Å². The topological polar surface area (TPSA) is 48.7 Å². The van der Waals surface area contributed by atoms with Gasteiger partial charge >= 0.3 is 0 Å². The highest BCUT2D eigenvalue weighted by Gasteiger charge is 2.19. The summed E-state index contributed by atoms with van der Waals surface area (Å²) in [4.78, 5) is 12.3. The van der Waals surface area contributed by atoms with Crippen molar-refractivity contribution in [1.29, 1.82) is 0 Å². The smallest absolute Gasteiger partial charge is 0.204 e. The monoisotopic (exact) mass is 266 g/mol. The van der Waals surface area contributed by atoms with E-state index in [1.165, 1.54) is 26.5 Å². The maximum Gasteiger partial charge on any atom is 0.204 e. The Hall–Kier alpha value is -1.94. The highest BCUT2D eigenvalue weighted by molar-refractivity contribution is 6.33. The Kier molecular flexibility index (Phi) is 3.58. The predicted molar refractivity (Wildman–Crippen MR) is 66.7 cm³/mol. The summed E-state index contributed by atoms with van der Waals surface area (Å²) in [5.41, 5.74) is 0.670. The third-order valence-electron chi connectivity index (χ3n) is 2.51. The zero-order chi connectivity index (χ0) is 13.1. The largest absolute Gasteiger partial charge is 0.497 e. The van der Waals surface area contributed by atoms with E-state index < -0.39 is 0 Å². The minimum absolute atomic E-state index is 0.0601. The number of carbonyl (C=O) groups is 1. The first-order valence-corrected chi connectivity index (χ1v) is 5.55. The molecule has 0 radical (unpaired) electrons. The molecule has 1 heterocycles. The second-order valence-electron chi connectivity index (χ2n) is 3.50. The van der Waals surface area contributed by atoms with Crippen molar-refractivity contribution in [2.45, 2.75) is 0 Å². The average molecular weight is 267 g/mol. The molecule has 94 valence electrons. The van der Waals surface area contributed by atoms with Crippen molar-refractivity contribution in [3.8, 4) is 11.5 Å². The minimum atomic E-state index is -0.274. The first-order valence-electron chi connectivity index (χ1n) is 5.17. The molecule has 0 saturated heterocycles. The molecule has 0 aliphatic heterocycles. The molecular formula is C13H11ClO4. The van der Waals surface area contributed by atoms with E-state index in [0.29, 0.717) is 22.6 Å². The van der Waals surface area contributed by atoms with Gasteiger partial charge in [-0.05, 0) is 35.9 Å². The van der Waals surface area contributed by atoms with Gasteiger partial charge in [-0.25, -0.2) is 0 Å². The Balaban J connectivity index is 2.49. The van der Waals surface area contributed by atoms with E-state index >= 15 is 0 Å². The SMILES string of the molecule is COc1ccc(OC)c(C(=O)c2ccoc2Cl)c1. The summed E-state index contributed by atoms with van der Waals surface area (Å²) < 4.78 is 15.2. The number of halogens is 1. The quantitative estimate of drug-likeness (QED) is 0.798. The van der Waals surface area contributed by atoms with Crippen molar-refractivity contribution in [3.05, 3.63) is 46.9 Å². The molecule has 1 aromatic heterocycles. The van der Waals surface area contributed by atoms with Gasteiger partial charge in [0.2, 0.25) is 11.0 Å². The molecule has 1 aromatic carbocycles. The van der Waals surface area contributed by atoms with Crippen LogP contribution < -0.4 is 9.47 Å². The molecule has 0 atom stereocenters. The molecule has 4 nitrogen and oxygen atoms in total. The van der Waals surface area contributed by atoms with Gasteiger partial charge in [-0.15, -0.1) is 0 Å². The third kappa shape index (κ3) is 2.19. The van der Waals surface area contributed by atoms with E-state index in [2.05, 4.69) is 0 Å². The van der Waals surface area contributed by atoms with E-state index in [1.807, 2.05) is 0 Å². The lowest BCUT2D eigenvalue weighted by molar-refractivity contribution is 0.103. The minimum Gasteiger partial charge on any atom is -0.497 e. The van der Waals surface area contributed by atoms with E-state index in [9.17, 15) is 4.79 Å². The molecular weight excluding hydrogens is 256 g/mol. The number of rotatable bonds is 4. The lowest BCUT2D eigenvalue weighted by Gasteiger charge is -2.08. The van der Waals surface area contributed by atoms with E-state index in [1.54, 1.807) is 18.2 Å². The molecule has 0 spiro atoms. The normalized spacial score (nSPS) is 10.2. The number of methoxy groups -OCH3 is 2. The summed E-state index contributed by atoms with van der Waals surface area (Å²) in [5.74, 6) is 0.751. The standard InChI is InChI=1S/C13H11ClO4/c1-16-8-3-4-11(17-2)10(7-8)12(15)9-5-6-18-13(9)14/h3-7H,1-2H3. The highest BCUT2D eigenvalue weighted by Crippen LogP contribution is 2.28. The van der Waals surface area contributed by atoms with Crippen molar-refractivity contribution >= 4 is 17.4 Å². The van der Waals surface area contributed by atoms with Crippen molar-refractivity contribution < 1.29 is 18.7 Å². The van der Waals surface area contributed by atoms with Crippen LogP contribution in [-0.4, -0.2) is 20.0 Å². The molecule has 2 rings (SSSR count). The summed E-state index contributed by atoms with van der Waals surface area (Å²) >= 11 is 5.79. The Morgan fingerprint density at radius 3 is 2.50 bits per heavy atom. The van der Waals surface area contributed by atoms with Crippen LogP contribution in [0.3, 0.4) is 0 Å². The zero-order valence-electron chi connectivity index (χ0n) is 9.90. The van der Waals surface area contributed by atoms with Crippen LogP contribution in [0.15, 0.2) is 34.9 Å². The third-order valence-corrected chi connectivity index (χ3v) is 2.81. The summed E-state index contributed by atoms with van der Waals surface area (Å²) in [6.07, 6.45) is 1.36. The number of benzene rings is 1.